The van der Waals surface area contributed by atoms with Gasteiger partial charge in [-0.25, -0.2) is 8.42 Å². The summed E-state index contributed by atoms with van der Waals surface area (Å²) in [5.74, 6) is -0.268. The predicted molar refractivity (Wildman–Crippen MR) is 98.5 cm³/mol. The van der Waals surface area contributed by atoms with E-state index in [9.17, 15) is 13.2 Å². The summed E-state index contributed by atoms with van der Waals surface area (Å²) >= 11 is 0. The normalized spacial score (nSPS) is 19.4. The molecule has 138 valence electrons. The van der Waals surface area contributed by atoms with E-state index in [0.29, 0.717) is 19.6 Å². The van der Waals surface area contributed by atoms with E-state index in [4.69, 9.17) is 0 Å². The van der Waals surface area contributed by atoms with Crippen molar-refractivity contribution < 1.29 is 13.2 Å². The molecule has 4 rings (SSSR count). The van der Waals surface area contributed by atoms with E-state index in [0.717, 1.165) is 25.7 Å². The molecular formula is C19H23N3O3S. The van der Waals surface area contributed by atoms with Crippen molar-refractivity contribution in [1.29, 1.82) is 0 Å². The van der Waals surface area contributed by atoms with E-state index in [1.165, 1.54) is 22.1 Å². The molecule has 26 heavy (non-hydrogen) atoms. The van der Waals surface area contributed by atoms with Gasteiger partial charge in [-0.2, -0.15) is 4.31 Å². The number of carbonyl (C=O) groups is 1. The van der Waals surface area contributed by atoms with Crippen molar-refractivity contribution in [2.24, 2.45) is 0 Å². The van der Waals surface area contributed by atoms with Gasteiger partial charge in [0.2, 0.25) is 10.0 Å². The van der Waals surface area contributed by atoms with Crippen LogP contribution in [0.15, 0.2) is 47.5 Å². The molecule has 2 heterocycles. The van der Waals surface area contributed by atoms with Gasteiger partial charge in [0.05, 0.1) is 0 Å². The molecule has 2 aliphatic rings. The molecule has 2 fully saturated rings. The number of carbonyl (C=O) groups excluding carboxylic acids is 1. The van der Waals surface area contributed by atoms with Crippen LogP contribution in [0, 0.1) is 0 Å². The van der Waals surface area contributed by atoms with E-state index < -0.39 is 10.0 Å². The first kappa shape index (κ1) is 17.3. The second-order valence-electron chi connectivity index (χ2n) is 7.19. The Labute approximate surface area is 153 Å². The van der Waals surface area contributed by atoms with Crippen LogP contribution in [0.25, 0.3) is 0 Å². The van der Waals surface area contributed by atoms with Gasteiger partial charge in [0.1, 0.15) is 10.6 Å². The van der Waals surface area contributed by atoms with E-state index in [2.05, 4.69) is 22.4 Å². The first-order valence-corrected chi connectivity index (χ1v) is 10.5. The number of nitrogens with zero attached hydrogens (tertiary/aromatic N) is 1. The number of benzene rings is 1. The standard InChI is InChI=1S/C19H23N3O3S/c23-18(21-14-19(8-9-19)15-6-2-1-3-7-15)17-12-16(13-20-17)26(24,25)22-10-4-5-11-22/h1-3,6-7,12-13,20H,4-5,8-11,14H2,(H,21,23). The lowest BCUT2D eigenvalue weighted by Crippen LogP contribution is -2.32. The molecule has 1 saturated carbocycles. The Morgan fingerprint density at radius 1 is 1.15 bits per heavy atom. The maximum absolute atomic E-state index is 12.6. The summed E-state index contributed by atoms with van der Waals surface area (Å²) in [6.45, 7) is 1.66. The molecule has 2 N–H and O–H groups in total. The summed E-state index contributed by atoms with van der Waals surface area (Å²) in [5.41, 5.74) is 1.55. The predicted octanol–water partition coefficient (Wildman–Crippen LogP) is 2.26. The summed E-state index contributed by atoms with van der Waals surface area (Å²) in [5, 5.41) is 2.96. The van der Waals surface area contributed by atoms with Crippen molar-refractivity contribution in [3.8, 4) is 0 Å². The highest BCUT2D eigenvalue weighted by atomic mass is 32.2. The van der Waals surface area contributed by atoms with Crippen molar-refractivity contribution in [3.63, 3.8) is 0 Å². The molecule has 1 aromatic carbocycles. The molecule has 0 atom stereocenters. The van der Waals surface area contributed by atoms with Crippen LogP contribution in [-0.4, -0.2) is 43.2 Å². The number of aromatic nitrogens is 1. The second-order valence-corrected chi connectivity index (χ2v) is 9.13. The monoisotopic (exact) mass is 373 g/mol. The molecule has 0 spiro atoms. The van der Waals surface area contributed by atoms with Gasteiger partial charge in [-0.15, -0.1) is 0 Å². The minimum atomic E-state index is -3.50. The summed E-state index contributed by atoms with van der Waals surface area (Å²) < 4.78 is 26.6. The maximum atomic E-state index is 12.6. The maximum Gasteiger partial charge on any atom is 0.267 e. The highest BCUT2D eigenvalue weighted by Gasteiger charge is 2.44. The SMILES string of the molecule is O=C(NCC1(c2ccccc2)CC1)c1cc(S(=O)(=O)N2CCCC2)c[nH]1. The van der Waals surface area contributed by atoms with Gasteiger partial charge >= 0.3 is 0 Å². The zero-order valence-electron chi connectivity index (χ0n) is 14.6. The third-order valence-electron chi connectivity index (χ3n) is 5.43. The molecule has 0 radical (unpaired) electrons. The highest BCUT2D eigenvalue weighted by Crippen LogP contribution is 2.47. The van der Waals surface area contributed by atoms with E-state index in [-0.39, 0.29) is 21.9 Å². The largest absolute Gasteiger partial charge is 0.356 e. The third-order valence-corrected chi connectivity index (χ3v) is 7.31. The minimum Gasteiger partial charge on any atom is -0.356 e. The molecule has 2 aromatic rings. The highest BCUT2D eigenvalue weighted by molar-refractivity contribution is 7.89. The van der Waals surface area contributed by atoms with Crippen LogP contribution in [0.5, 0.6) is 0 Å². The van der Waals surface area contributed by atoms with Crippen molar-refractivity contribution in [3.05, 3.63) is 53.9 Å². The zero-order valence-corrected chi connectivity index (χ0v) is 15.4. The Balaban J connectivity index is 1.43. The Bertz CT molecular complexity index is 895. The van der Waals surface area contributed by atoms with Crippen LogP contribution in [-0.2, 0) is 15.4 Å². The molecule has 1 saturated heterocycles. The Hall–Kier alpha value is -2.12. The van der Waals surface area contributed by atoms with Crippen LogP contribution in [0.4, 0.5) is 0 Å². The zero-order chi connectivity index (χ0) is 18.2. The van der Waals surface area contributed by atoms with E-state index in [1.54, 1.807) is 0 Å². The summed E-state index contributed by atoms with van der Waals surface area (Å²) in [7, 11) is -3.50. The van der Waals surface area contributed by atoms with Crippen LogP contribution < -0.4 is 5.32 Å². The van der Waals surface area contributed by atoms with Gasteiger partial charge in [-0.1, -0.05) is 30.3 Å². The molecule has 1 amide bonds. The second kappa shape index (κ2) is 6.55. The average Bonchev–Trinajstić information content (AvgIpc) is 3.08. The third kappa shape index (κ3) is 3.17. The number of hydrogen-bond donors (Lipinski definition) is 2. The van der Waals surface area contributed by atoms with Crippen molar-refractivity contribution in [2.45, 2.75) is 36.0 Å². The van der Waals surface area contributed by atoms with Gasteiger partial charge in [0, 0.05) is 31.2 Å². The van der Waals surface area contributed by atoms with Gasteiger partial charge in [-0.05, 0) is 37.3 Å². The lowest BCUT2D eigenvalue weighted by atomic mass is 9.96. The smallest absolute Gasteiger partial charge is 0.267 e. The summed E-state index contributed by atoms with van der Waals surface area (Å²) in [6, 6.07) is 11.6. The average molecular weight is 373 g/mol. The molecule has 7 heteroatoms. The first-order chi connectivity index (χ1) is 12.5. The number of hydrogen-bond acceptors (Lipinski definition) is 3. The molecule has 0 bridgehead atoms. The van der Waals surface area contributed by atoms with Crippen LogP contribution in [0.1, 0.15) is 41.7 Å². The number of nitrogens with one attached hydrogen (secondary N) is 2. The molecular weight excluding hydrogens is 350 g/mol. The van der Waals surface area contributed by atoms with Gasteiger partial charge in [-0.3, -0.25) is 4.79 Å². The van der Waals surface area contributed by atoms with E-state index >= 15 is 0 Å². The lowest BCUT2D eigenvalue weighted by molar-refractivity contribution is 0.0945. The van der Waals surface area contributed by atoms with Gasteiger partial charge in [0.15, 0.2) is 0 Å². The van der Waals surface area contributed by atoms with Crippen molar-refractivity contribution in [1.82, 2.24) is 14.6 Å². The Morgan fingerprint density at radius 3 is 2.50 bits per heavy atom. The van der Waals surface area contributed by atoms with Crippen LogP contribution >= 0.6 is 0 Å². The van der Waals surface area contributed by atoms with Crippen molar-refractivity contribution >= 4 is 15.9 Å². The van der Waals surface area contributed by atoms with Gasteiger partial charge in [0.25, 0.3) is 5.91 Å². The van der Waals surface area contributed by atoms with Gasteiger partial charge < -0.3 is 10.3 Å². The first-order valence-electron chi connectivity index (χ1n) is 9.04. The molecule has 1 aromatic heterocycles. The summed E-state index contributed by atoms with van der Waals surface area (Å²) in [4.78, 5) is 15.4. The van der Waals surface area contributed by atoms with E-state index in [1.807, 2.05) is 18.2 Å². The molecule has 1 aliphatic carbocycles. The number of rotatable bonds is 6. The molecule has 0 unspecified atom stereocenters. The number of aromatic amines is 1. The fourth-order valence-electron chi connectivity index (χ4n) is 3.59. The number of sulfonamides is 1. The van der Waals surface area contributed by atoms with Crippen LogP contribution in [0.3, 0.4) is 0 Å². The molecule has 1 aliphatic heterocycles. The Kier molecular flexibility index (Phi) is 4.36. The number of amides is 1. The fourth-order valence-corrected chi connectivity index (χ4v) is 5.10. The topological polar surface area (TPSA) is 82.3 Å². The number of H-pyrrole nitrogens is 1. The minimum absolute atomic E-state index is 0.0218. The summed E-state index contributed by atoms with van der Waals surface area (Å²) in [6.07, 6.45) is 5.29. The fraction of sp³-hybridized carbons (Fsp3) is 0.421. The lowest BCUT2D eigenvalue weighted by Gasteiger charge is -2.16. The molecule has 6 nitrogen and oxygen atoms in total. The quantitative estimate of drug-likeness (QED) is 0.815. The van der Waals surface area contributed by atoms with Crippen LogP contribution in [0.2, 0.25) is 0 Å². The Morgan fingerprint density at radius 2 is 1.85 bits per heavy atom. The van der Waals surface area contributed by atoms with Crippen molar-refractivity contribution in [2.75, 3.05) is 19.6 Å².